The molecule has 1 aromatic heterocycles. The molecule has 0 aliphatic carbocycles. The van der Waals surface area contributed by atoms with Crippen LogP contribution in [0.2, 0.25) is 0 Å². The summed E-state index contributed by atoms with van der Waals surface area (Å²) in [5.74, 6) is 0.574. The van der Waals surface area contributed by atoms with Crippen LogP contribution < -0.4 is 25.5 Å². The van der Waals surface area contributed by atoms with Crippen LogP contribution in [0.15, 0.2) is 40.5 Å². The average Bonchev–Trinajstić information content (AvgIpc) is 2.82. The number of fused-ring (bicyclic) bond motifs is 1. The van der Waals surface area contributed by atoms with Crippen LogP contribution in [0.5, 0.6) is 17.2 Å². The summed E-state index contributed by atoms with van der Waals surface area (Å²) in [7, 11) is 3.07. The molecule has 0 saturated carbocycles. The largest absolute Gasteiger partial charge is 0.493 e. The van der Waals surface area contributed by atoms with E-state index in [0.717, 1.165) is 31.7 Å². The van der Waals surface area contributed by atoms with Gasteiger partial charge in [0.15, 0.2) is 11.5 Å². The van der Waals surface area contributed by atoms with E-state index in [1.54, 1.807) is 23.8 Å². The Kier molecular flexibility index (Phi) is 7.67. The van der Waals surface area contributed by atoms with Crippen molar-refractivity contribution in [1.82, 2.24) is 9.47 Å². The van der Waals surface area contributed by atoms with Crippen LogP contribution in [0.4, 0.5) is 0 Å². The first-order valence-electron chi connectivity index (χ1n) is 11.2. The minimum atomic E-state index is -0.731. The molecular formula is C25H32N4O4. The molecule has 8 nitrogen and oxygen atoms in total. The Balaban J connectivity index is 2.16. The molecule has 0 radical (unpaired) electrons. The van der Waals surface area contributed by atoms with Crippen molar-refractivity contribution >= 4 is 0 Å². The number of pyridine rings is 1. The zero-order chi connectivity index (χ0) is 24.1. The molecule has 0 saturated heterocycles. The molecule has 0 amide bonds. The van der Waals surface area contributed by atoms with Gasteiger partial charge in [0.1, 0.15) is 17.4 Å². The maximum Gasteiger partial charge on any atom is 0.258 e. The summed E-state index contributed by atoms with van der Waals surface area (Å²) in [6.07, 6.45) is 0.832. The summed E-state index contributed by atoms with van der Waals surface area (Å²) in [5.41, 5.74) is 7.88. The molecular weight excluding hydrogens is 420 g/mol. The molecule has 0 spiro atoms. The highest BCUT2D eigenvalue weighted by molar-refractivity contribution is 5.60. The minimum Gasteiger partial charge on any atom is -0.493 e. The fourth-order valence-electron chi connectivity index (χ4n) is 4.41. The van der Waals surface area contributed by atoms with Crippen molar-refractivity contribution in [3.63, 3.8) is 0 Å². The highest BCUT2D eigenvalue weighted by atomic mass is 16.5. The van der Waals surface area contributed by atoms with Crippen LogP contribution in [0.1, 0.15) is 43.0 Å². The molecule has 1 atom stereocenters. The summed E-state index contributed by atoms with van der Waals surface area (Å²) in [4.78, 5) is 16.1. The maximum atomic E-state index is 13.8. The SMILES string of the molecule is CCN(CC)CCCn1c(C)cc2c(c1=O)[C@H](c1cccc(OC)c1OC)C(C#N)=C(N)O2. The number of nitrogens with two attached hydrogens (primary N) is 1. The zero-order valence-electron chi connectivity index (χ0n) is 20.0. The molecule has 1 aromatic carbocycles. The van der Waals surface area contributed by atoms with E-state index in [9.17, 15) is 10.1 Å². The van der Waals surface area contributed by atoms with Gasteiger partial charge in [0.05, 0.1) is 25.7 Å². The number of ether oxygens (including phenoxy) is 3. The van der Waals surface area contributed by atoms with Crippen molar-refractivity contribution in [2.45, 2.75) is 39.7 Å². The quantitative estimate of drug-likeness (QED) is 0.623. The minimum absolute atomic E-state index is 0.0158. The second-order valence-electron chi connectivity index (χ2n) is 7.91. The topological polar surface area (TPSA) is 103 Å². The lowest BCUT2D eigenvalue weighted by Crippen LogP contribution is -2.34. The Morgan fingerprint density at radius 2 is 1.97 bits per heavy atom. The van der Waals surface area contributed by atoms with Crippen molar-refractivity contribution in [3.05, 3.63) is 62.9 Å². The van der Waals surface area contributed by atoms with Gasteiger partial charge in [-0.2, -0.15) is 5.26 Å². The predicted molar refractivity (Wildman–Crippen MR) is 127 cm³/mol. The van der Waals surface area contributed by atoms with Gasteiger partial charge in [0, 0.05) is 23.9 Å². The predicted octanol–water partition coefficient (Wildman–Crippen LogP) is 3.12. The van der Waals surface area contributed by atoms with E-state index in [1.165, 1.54) is 7.11 Å². The first kappa shape index (κ1) is 24.2. The third kappa shape index (κ3) is 4.55. The second-order valence-corrected chi connectivity index (χ2v) is 7.91. The van der Waals surface area contributed by atoms with Crippen LogP contribution in [0.25, 0.3) is 0 Å². The van der Waals surface area contributed by atoms with Gasteiger partial charge in [0.2, 0.25) is 5.88 Å². The maximum absolute atomic E-state index is 13.8. The molecule has 1 aliphatic rings. The second kappa shape index (κ2) is 10.5. The van der Waals surface area contributed by atoms with Gasteiger partial charge in [-0.25, -0.2) is 0 Å². The summed E-state index contributed by atoms with van der Waals surface area (Å²) in [6, 6.07) is 9.34. The fraction of sp³-hybridized carbons (Fsp3) is 0.440. The van der Waals surface area contributed by atoms with E-state index in [1.807, 2.05) is 19.1 Å². The van der Waals surface area contributed by atoms with E-state index in [2.05, 4.69) is 24.8 Å². The molecule has 2 aromatic rings. The van der Waals surface area contributed by atoms with Gasteiger partial charge in [-0.1, -0.05) is 26.0 Å². The van der Waals surface area contributed by atoms with Gasteiger partial charge in [-0.15, -0.1) is 0 Å². The fourth-order valence-corrected chi connectivity index (χ4v) is 4.41. The molecule has 8 heteroatoms. The Labute approximate surface area is 194 Å². The number of aryl methyl sites for hydroxylation is 1. The van der Waals surface area contributed by atoms with Crippen molar-refractivity contribution in [3.8, 4) is 23.3 Å². The highest BCUT2D eigenvalue weighted by Crippen LogP contribution is 2.46. The van der Waals surface area contributed by atoms with Crippen LogP contribution in [0.3, 0.4) is 0 Å². The molecule has 33 heavy (non-hydrogen) atoms. The number of nitriles is 1. The van der Waals surface area contributed by atoms with Gasteiger partial charge in [0.25, 0.3) is 5.56 Å². The van der Waals surface area contributed by atoms with Crippen LogP contribution >= 0.6 is 0 Å². The Bertz CT molecular complexity index is 1140. The van der Waals surface area contributed by atoms with Crippen molar-refractivity contribution in [2.24, 2.45) is 5.73 Å². The average molecular weight is 453 g/mol. The van der Waals surface area contributed by atoms with E-state index in [-0.39, 0.29) is 17.0 Å². The zero-order valence-corrected chi connectivity index (χ0v) is 20.0. The van der Waals surface area contributed by atoms with Crippen molar-refractivity contribution in [2.75, 3.05) is 33.9 Å². The van der Waals surface area contributed by atoms with Crippen LogP contribution in [-0.4, -0.2) is 43.3 Å². The summed E-state index contributed by atoms with van der Waals surface area (Å²) < 4.78 is 18.6. The van der Waals surface area contributed by atoms with E-state index in [0.29, 0.717) is 34.9 Å². The molecule has 3 rings (SSSR count). The van der Waals surface area contributed by atoms with Gasteiger partial charge >= 0.3 is 0 Å². The molecule has 0 fully saturated rings. The standard InChI is InChI=1S/C25H32N4O4/c1-6-28(7-2)12-9-13-29-16(3)14-20-22(25(29)30)21(18(15-26)24(27)33-20)17-10-8-11-19(31-4)23(17)32-5/h8,10-11,14,21H,6-7,9,12-13,27H2,1-5H3/t21-/m1/s1. The summed E-state index contributed by atoms with van der Waals surface area (Å²) in [6.45, 7) is 9.54. The number of hydrogen-bond donors (Lipinski definition) is 1. The van der Waals surface area contributed by atoms with Gasteiger partial charge in [-0.3, -0.25) is 4.79 Å². The number of allylic oxidation sites excluding steroid dienone is 1. The third-order valence-electron chi connectivity index (χ3n) is 6.18. The normalized spacial score (nSPS) is 15.1. The van der Waals surface area contributed by atoms with Crippen LogP contribution in [0, 0.1) is 18.3 Å². The van der Waals surface area contributed by atoms with Crippen molar-refractivity contribution < 1.29 is 14.2 Å². The molecule has 0 unspecified atom stereocenters. The number of nitrogens with zero attached hydrogens (tertiary/aromatic N) is 3. The third-order valence-corrected chi connectivity index (χ3v) is 6.18. The Morgan fingerprint density at radius 1 is 1.24 bits per heavy atom. The first-order chi connectivity index (χ1) is 15.9. The number of rotatable bonds is 9. The molecule has 1 aliphatic heterocycles. The smallest absolute Gasteiger partial charge is 0.258 e. The van der Waals surface area contributed by atoms with E-state index >= 15 is 0 Å². The summed E-state index contributed by atoms with van der Waals surface area (Å²) >= 11 is 0. The van der Waals surface area contributed by atoms with Crippen molar-refractivity contribution in [1.29, 1.82) is 5.26 Å². The number of para-hydroxylation sites is 1. The number of hydrogen-bond acceptors (Lipinski definition) is 7. The lowest BCUT2D eigenvalue weighted by Gasteiger charge is -2.28. The highest BCUT2D eigenvalue weighted by Gasteiger charge is 2.36. The van der Waals surface area contributed by atoms with Gasteiger partial charge < -0.3 is 29.4 Å². The lowest BCUT2D eigenvalue weighted by molar-refractivity contribution is 0.292. The number of methoxy groups -OCH3 is 2. The van der Waals surface area contributed by atoms with Gasteiger partial charge in [-0.05, 0) is 39.0 Å². The lowest BCUT2D eigenvalue weighted by atomic mass is 9.83. The monoisotopic (exact) mass is 452 g/mol. The Hall–Kier alpha value is -3.44. The van der Waals surface area contributed by atoms with E-state index in [4.69, 9.17) is 19.9 Å². The number of aromatic nitrogens is 1. The molecule has 2 N–H and O–H groups in total. The van der Waals surface area contributed by atoms with Crippen LogP contribution in [-0.2, 0) is 6.54 Å². The van der Waals surface area contributed by atoms with E-state index < -0.39 is 5.92 Å². The Morgan fingerprint density at radius 3 is 2.58 bits per heavy atom. The molecule has 0 bridgehead atoms. The first-order valence-corrected chi connectivity index (χ1v) is 11.2. The summed E-state index contributed by atoms with van der Waals surface area (Å²) in [5, 5.41) is 9.93. The molecule has 176 valence electrons. The molecule has 2 heterocycles. The number of benzene rings is 1.